The lowest BCUT2D eigenvalue weighted by molar-refractivity contribution is 0.0146. The highest BCUT2D eigenvalue weighted by Gasteiger charge is 2.23. The van der Waals surface area contributed by atoms with E-state index in [-0.39, 0.29) is 16.9 Å². The Kier molecular flexibility index (Phi) is 4.00. The van der Waals surface area contributed by atoms with Crippen molar-refractivity contribution in [1.82, 2.24) is 19.1 Å². The van der Waals surface area contributed by atoms with Crippen LogP contribution >= 0.6 is 0 Å². The maximum atomic E-state index is 12.1. The molecule has 0 radical (unpaired) electrons. The minimum atomic E-state index is -1.34. The summed E-state index contributed by atoms with van der Waals surface area (Å²) in [6.07, 6.45) is -1.32. The maximum absolute atomic E-state index is 12.1. The third kappa shape index (κ3) is 2.51. The van der Waals surface area contributed by atoms with Crippen LogP contribution in [0, 0.1) is 0 Å². The quantitative estimate of drug-likeness (QED) is 0.688. The van der Waals surface area contributed by atoms with Gasteiger partial charge in [0, 0.05) is 14.1 Å². The molecule has 0 amide bonds. The van der Waals surface area contributed by atoms with Crippen LogP contribution in [0.4, 0.5) is 0 Å². The van der Waals surface area contributed by atoms with Gasteiger partial charge in [-0.3, -0.25) is 13.9 Å². The van der Waals surface area contributed by atoms with Gasteiger partial charge in [-0.1, -0.05) is 30.3 Å². The molecular formula is C16H16N4O4. The topological polar surface area (TPSA) is 110 Å². The molecule has 24 heavy (non-hydrogen) atoms. The first-order chi connectivity index (χ1) is 11.4. The van der Waals surface area contributed by atoms with Crippen LogP contribution in [0.2, 0.25) is 0 Å². The number of aliphatic hydroxyl groups excluding tert-OH is 2. The first-order valence-corrected chi connectivity index (χ1v) is 7.25. The molecule has 1 aromatic carbocycles. The number of rotatable bonds is 3. The van der Waals surface area contributed by atoms with Gasteiger partial charge < -0.3 is 10.2 Å². The van der Waals surface area contributed by atoms with Crippen LogP contribution in [-0.4, -0.2) is 29.3 Å². The van der Waals surface area contributed by atoms with Crippen LogP contribution in [0.1, 0.15) is 23.5 Å². The van der Waals surface area contributed by atoms with Crippen molar-refractivity contribution in [3.63, 3.8) is 0 Å². The van der Waals surface area contributed by atoms with Crippen LogP contribution in [-0.2, 0) is 14.1 Å². The van der Waals surface area contributed by atoms with E-state index in [1.807, 2.05) is 0 Å². The third-order valence-electron chi connectivity index (χ3n) is 3.91. The Hall–Kier alpha value is -2.84. The van der Waals surface area contributed by atoms with Crippen molar-refractivity contribution in [3.8, 4) is 0 Å². The van der Waals surface area contributed by atoms with Gasteiger partial charge in [0.15, 0.2) is 11.2 Å². The van der Waals surface area contributed by atoms with Crippen molar-refractivity contribution >= 4 is 11.2 Å². The summed E-state index contributed by atoms with van der Waals surface area (Å²) in [6.45, 7) is 0. The van der Waals surface area contributed by atoms with Crippen LogP contribution < -0.4 is 11.2 Å². The minimum absolute atomic E-state index is 0.0183. The number of aromatic nitrogens is 4. The average molecular weight is 328 g/mol. The minimum Gasteiger partial charge on any atom is -0.385 e. The van der Waals surface area contributed by atoms with Crippen LogP contribution in [0.25, 0.3) is 11.2 Å². The average Bonchev–Trinajstić information content (AvgIpc) is 2.63. The van der Waals surface area contributed by atoms with E-state index in [2.05, 4.69) is 9.97 Å². The zero-order chi connectivity index (χ0) is 17.4. The van der Waals surface area contributed by atoms with Crippen molar-refractivity contribution in [2.75, 3.05) is 0 Å². The van der Waals surface area contributed by atoms with Gasteiger partial charge in [-0.25, -0.2) is 14.8 Å². The summed E-state index contributed by atoms with van der Waals surface area (Å²) >= 11 is 0. The van der Waals surface area contributed by atoms with E-state index >= 15 is 0 Å². The van der Waals surface area contributed by atoms with E-state index < -0.39 is 23.5 Å². The summed E-state index contributed by atoms with van der Waals surface area (Å²) in [6, 6.07) is 8.63. The van der Waals surface area contributed by atoms with E-state index in [0.29, 0.717) is 5.56 Å². The molecule has 8 heteroatoms. The molecule has 2 aromatic heterocycles. The van der Waals surface area contributed by atoms with E-state index in [1.165, 1.54) is 24.9 Å². The summed E-state index contributed by atoms with van der Waals surface area (Å²) in [5.74, 6) is 0. The number of benzene rings is 1. The highest BCUT2D eigenvalue weighted by molar-refractivity contribution is 5.68. The Bertz CT molecular complexity index is 1010. The molecule has 0 spiro atoms. The lowest BCUT2D eigenvalue weighted by atomic mass is 10.0. The van der Waals surface area contributed by atoms with Gasteiger partial charge in [0.2, 0.25) is 0 Å². The molecule has 3 aromatic rings. The number of aliphatic hydroxyl groups is 2. The summed E-state index contributed by atoms with van der Waals surface area (Å²) in [4.78, 5) is 32.2. The van der Waals surface area contributed by atoms with E-state index in [1.54, 1.807) is 30.3 Å². The van der Waals surface area contributed by atoms with E-state index in [4.69, 9.17) is 0 Å². The summed E-state index contributed by atoms with van der Waals surface area (Å²) < 4.78 is 2.11. The lowest BCUT2D eigenvalue weighted by Gasteiger charge is -2.18. The Morgan fingerprint density at radius 1 is 1.00 bits per heavy atom. The second-order valence-corrected chi connectivity index (χ2v) is 5.47. The Balaban J connectivity index is 2.11. The van der Waals surface area contributed by atoms with Crippen LogP contribution in [0.5, 0.6) is 0 Å². The highest BCUT2D eigenvalue weighted by atomic mass is 16.3. The first-order valence-electron chi connectivity index (χ1n) is 7.25. The molecule has 2 heterocycles. The van der Waals surface area contributed by atoms with E-state index in [0.717, 1.165) is 4.57 Å². The van der Waals surface area contributed by atoms with Gasteiger partial charge in [-0.2, -0.15) is 0 Å². The monoisotopic (exact) mass is 328 g/mol. The van der Waals surface area contributed by atoms with Crippen molar-refractivity contribution in [3.05, 3.63) is 68.6 Å². The Morgan fingerprint density at radius 2 is 1.67 bits per heavy atom. The second kappa shape index (κ2) is 5.99. The Morgan fingerprint density at radius 3 is 2.33 bits per heavy atom. The molecule has 2 N–H and O–H groups in total. The standard InChI is InChI=1S/C16H16N4O4/c1-19-14-11(15(23)20(2)16(19)24)17-8-10(18-14)13(22)12(21)9-6-4-3-5-7-9/h3-8,12-13,21-22H,1-2H3/t12-,13-/m1/s1. The molecule has 0 aliphatic heterocycles. The van der Waals surface area contributed by atoms with Crippen LogP contribution in [0.15, 0.2) is 46.1 Å². The number of hydrogen-bond acceptors (Lipinski definition) is 6. The number of hydrogen-bond donors (Lipinski definition) is 2. The van der Waals surface area contributed by atoms with Crippen LogP contribution in [0.3, 0.4) is 0 Å². The molecule has 3 rings (SSSR count). The second-order valence-electron chi connectivity index (χ2n) is 5.47. The molecule has 0 aliphatic carbocycles. The normalized spacial score (nSPS) is 13.8. The molecule has 8 nitrogen and oxygen atoms in total. The van der Waals surface area contributed by atoms with Gasteiger partial charge in [0.1, 0.15) is 12.2 Å². The fourth-order valence-corrected chi connectivity index (χ4v) is 2.48. The van der Waals surface area contributed by atoms with Gasteiger partial charge in [0.25, 0.3) is 5.56 Å². The van der Waals surface area contributed by atoms with Crippen molar-refractivity contribution in [2.45, 2.75) is 12.2 Å². The first kappa shape index (κ1) is 16.0. The maximum Gasteiger partial charge on any atom is 0.332 e. The van der Waals surface area contributed by atoms with Crippen molar-refractivity contribution in [1.29, 1.82) is 0 Å². The molecule has 2 atom stereocenters. The van der Waals surface area contributed by atoms with Gasteiger partial charge in [-0.15, -0.1) is 0 Å². The summed E-state index contributed by atoms with van der Waals surface area (Å²) in [5.41, 5.74) is -0.446. The summed E-state index contributed by atoms with van der Waals surface area (Å²) in [7, 11) is 2.82. The predicted octanol–water partition coefficient (Wildman–Crippen LogP) is -0.206. The predicted molar refractivity (Wildman–Crippen MR) is 86.4 cm³/mol. The zero-order valence-corrected chi connectivity index (χ0v) is 13.1. The molecule has 0 unspecified atom stereocenters. The van der Waals surface area contributed by atoms with Gasteiger partial charge in [0.05, 0.1) is 11.9 Å². The number of nitrogens with zero attached hydrogens (tertiary/aromatic N) is 4. The van der Waals surface area contributed by atoms with Gasteiger partial charge >= 0.3 is 5.69 Å². The highest BCUT2D eigenvalue weighted by Crippen LogP contribution is 2.27. The lowest BCUT2D eigenvalue weighted by Crippen LogP contribution is -2.38. The fraction of sp³-hybridized carbons (Fsp3) is 0.250. The number of fused-ring (bicyclic) bond motifs is 1. The molecule has 0 saturated carbocycles. The summed E-state index contributed by atoms with van der Waals surface area (Å²) in [5, 5.41) is 20.6. The zero-order valence-electron chi connectivity index (χ0n) is 13.1. The fourth-order valence-electron chi connectivity index (χ4n) is 2.48. The molecule has 0 aliphatic rings. The van der Waals surface area contributed by atoms with Gasteiger partial charge in [-0.05, 0) is 5.56 Å². The van der Waals surface area contributed by atoms with E-state index in [9.17, 15) is 19.8 Å². The SMILES string of the molecule is Cn1c(=O)c2ncc([C@@H](O)[C@H](O)c3ccccc3)nc2n(C)c1=O. The Labute approximate surface area is 136 Å². The molecule has 0 bridgehead atoms. The molecule has 124 valence electrons. The third-order valence-corrected chi connectivity index (χ3v) is 3.91. The van der Waals surface area contributed by atoms with Crippen molar-refractivity contribution in [2.24, 2.45) is 14.1 Å². The molecule has 0 fully saturated rings. The number of aryl methyl sites for hydroxylation is 1. The molecular weight excluding hydrogens is 312 g/mol. The largest absolute Gasteiger partial charge is 0.385 e. The molecule has 0 saturated heterocycles. The smallest absolute Gasteiger partial charge is 0.332 e. The van der Waals surface area contributed by atoms with Crippen molar-refractivity contribution < 1.29 is 10.2 Å².